The maximum Gasteiger partial charge on any atom is 0.251 e. The van der Waals surface area contributed by atoms with Crippen LogP contribution in [0.25, 0.3) is 0 Å². The van der Waals surface area contributed by atoms with Crippen molar-refractivity contribution in [2.75, 3.05) is 6.61 Å². The van der Waals surface area contributed by atoms with E-state index < -0.39 is 5.79 Å². The third kappa shape index (κ3) is 3.66. The smallest absolute Gasteiger partial charge is 0.251 e. The van der Waals surface area contributed by atoms with Crippen LogP contribution in [0.5, 0.6) is 0 Å². The Hall–Kier alpha value is -2.17. The van der Waals surface area contributed by atoms with E-state index in [4.69, 9.17) is 9.47 Å². The van der Waals surface area contributed by atoms with Crippen LogP contribution in [-0.2, 0) is 9.47 Å². The summed E-state index contributed by atoms with van der Waals surface area (Å²) in [5.41, 5.74) is 2.65. The van der Waals surface area contributed by atoms with E-state index in [2.05, 4.69) is 5.32 Å². The molecule has 4 heteroatoms. The molecule has 1 aliphatic rings. The first-order valence-electron chi connectivity index (χ1n) is 8.19. The average molecular weight is 325 g/mol. The van der Waals surface area contributed by atoms with Crippen molar-refractivity contribution in [3.8, 4) is 0 Å². The van der Waals surface area contributed by atoms with Gasteiger partial charge in [0.2, 0.25) is 0 Å². The molecule has 1 heterocycles. The van der Waals surface area contributed by atoms with Crippen LogP contribution < -0.4 is 5.32 Å². The Kier molecular flexibility index (Phi) is 4.69. The number of benzene rings is 2. The first-order valence-corrected chi connectivity index (χ1v) is 8.19. The zero-order valence-electron chi connectivity index (χ0n) is 14.3. The second-order valence-electron chi connectivity index (χ2n) is 6.55. The van der Waals surface area contributed by atoms with Gasteiger partial charge >= 0.3 is 0 Å². The lowest BCUT2D eigenvalue weighted by molar-refractivity contribution is -0.284. The van der Waals surface area contributed by atoms with Crippen molar-refractivity contribution < 1.29 is 14.3 Å². The molecule has 2 atom stereocenters. The highest BCUT2D eigenvalue weighted by Crippen LogP contribution is 2.33. The molecule has 24 heavy (non-hydrogen) atoms. The van der Waals surface area contributed by atoms with E-state index in [-0.39, 0.29) is 18.1 Å². The van der Waals surface area contributed by atoms with E-state index in [1.54, 1.807) is 0 Å². The summed E-state index contributed by atoms with van der Waals surface area (Å²) in [4.78, 5) is 12.6. The molecule has 0 bridgehead atoms. The van der Waals surface area contributed by atoms with Gasteiger partial charge in [-0.3, -0.25) is 4.79 Å². The molecule has 3 rings (SSSR count). The third-order valence-electron chi connectivity index (χ3n) is 4.22. The summed E-state index contributed by atoms with van der Waals surface area (Å²) in [6, 6.07) is 17.3. The molecule has 0 aliphatic carbocycles. The van der Waals surface area contributed by atoms with Crippen LogP contribution in [0.2, 0.25) is 0 Å². The minimum absolute atomic E-state index is 0.106. The van der Waals surface area contributed by atoms with Gasteiger partial charge in [0.15, 0.2) is 5.79 Å². The summed E-state index contributed by atoms with van der Waals surface area (Å²) in [5, 5.41) is 3.07. The zero-order chi connectivity index (χ0) is 17.2. The maximum atomic E-state index is 12.6. The molecule has 0 unspecified atom stereocenters. The fourth-order valence-corrected chi connectivity index (χ4v) is 2.93. The van der Waals surface area contributed by atoms with Crippen molar-refractivity contribution in [3.05, 3.63) is 71.3 Å². The zero-order valence-corrected chi connectivity index (χ0v) is 14.3. The summed E-state index contributed by atoms with van der Waals surface area (Å²) in [5.74, 6) is -0.782. The van der Waals surface area contributed by atoms with Gasteiger partial charge in [-0.2, -0.15) is 0 Å². The highest BCUT2D eigenvalue weighted by molar-refractivity contribution is 5.95. The Labute approximate surface area is 142 Å². The number of carbonyl (C=O) groups excluding carboxylic acids is 1. The van der Waals surface area contributed by atoms with Gasteiger partial charge < -0.3 is 14.8 Å². The number of carbonyl (C=O) groups is 1. The Morgan fingerprint density at radius 2 is 1.75 bits per heavy atom. The molecular formula is C20H23NO3. The first-order chi connectivity index (χ1) is 11.5. The molecule has 1 N–H and O–H groups in total. The summed E-state index contributed by atoms with van der Waals surface area (Å²) >= 11 is 0. The third-order valence-corrected chi connectivity index (χ3v) is 4.22. The van der Waals surface area contributed by atoms with Gasteiger partial charge in [0.25, 0.3) is 5.91 Å². The highest BCUT2D eigenvalue weighted by atomic mass is 16.7. The van der Waals surface area contributed by atoms with E-state index in [9.17, 15) is 4.79 Å². The molecular weight excluding hydrogens is 302 g/mol. The van der Waals surface area contributed by atoms with E-state index in [1.165, 1.54) is 0 Å². The minimum atomic E-state index is -0.676. The monoisotopic (exact) mass is 325 g/mol. The highest BCUT2D eigenvalue weighted by Gasteiger charge is 2.38. The van der Waals surface area contributed by atoms with Crippen LogP contribution >= 0.6 is 0 Å². The number of aryl methyl sites for hydroxylation is 1. The Morgan fingerprint density at radius 3 is 2.46 bits per heavy atom. The van der Waals surface area contributed by atoms with Crippen molar-refractivity contribution in [2.24, 2.45) is 0 Å². The Balaban J connectivity index is 1.82. The van der Waals surface area contributed by atoms with Crippen LogP contribution in [-0.4, -0.2) is 24.3 Å². The van der Waals surface area contributed by atoms with Gasteiger partial charge in [0.05, 0.1) is 12.6 Å². The number of ether oxygens (including phenoxy) is 2. The van der Waals surface area contributed by atoms with Crippen LogP contribution in [0.4, 0.5) is 0 Å². The van der Waals surface area contributed by atoms with E-state index in [1.807, 2.05) is 75.4 Å². The lowest BCUT2D eigenvalue weighted by Gasteiger charge is -2.41. The molecule has 0 spiro atoms. The molecule has 1 fully saturated rings. The molecule has 0 radical (unpaired) electrons. The van der Waals surface area contributed by atoms with Gasteiger partial charge in [-0.05, 0) is 38.0 Å². The molecule has 2 aromatic rings. The van der Waals surface area contributed by atoms with Gasteiger partial charge in [-0.25, -0.2) is 0 Å². The normalized spacial score (nSPS) is 22.8. The van der Waals surface area contributed by atoms with Crippen molar-refractivity contribution in [1.82, 2.24) is 5.32 Å². The summed E-state index contributed by atoms with van der Waals surface area (Å²) in [6.07, 6.45) is -0.247. The summed E-state index contributed by atoms with van der Waals surface area (Å²) in [6.45, 7) is 6.12. The van der Waals surface area contributed by atoms with Crippen LogP contribution in [0, 0.1) is 6.92 Å². The van der Waals surface area contributed by atoms with E-state index >= 15 is 0 Å². The largest absolute Gasteiger partial charge is 0.348 e. The van der Waals surface area contributed by atoms with Crippen LogP contribution in [0.15, 0.2) is 54.6 Å². The molecule has 0 aromatic heterocycles. The molecule has 126 valence electrons. The van der Waals surface area contributed by atoms with E-state index in [0.29, 0.717) is 12.2 Å². The van der Waals surface area contributed by atoms with Gasteiger partial charge in [0, 0.05) is 5.56 Å². The number of rotatable bonds is 3. The maximum absolute atomic E-state index is 12.6. The molecule has 1 amide bonds. The van der Waals surface area contributed by atoms with Crippen molar-refractivity contribution >= 4 is 5.91 Å². The summed E-state index contributed by atoms with van der Waals surface area (Å²) < 4.78 is 11.9. The van der Waals surface area contributed by atoms with Gasteiger partial charge in [-0.1, -0.05) is 48.5 Å². The second kappa shape index (κ2) is 6.75. The fourth-order valence-electron chi connectivity index (χ4n) is 2.93. The number of hydrogen-bond acceptors (Lipinski definition) is 3. The molecule has 4 nitrogen and oxygen atoms in total. The lowest BCUT2D eigenvalue weighted by atomic mass is 9.99. The SMILES string of the molecule is Cc1ccccc1C(=O)N[C@H]1COC(C)(C)O[C@H]1c1ccccc1. The Bertz CT molecular complexity index is 712. The molecule has 1 aliphatic heterocycles. The minimum Gasteiger partial charge on any atom is -0.348 e. The van der Waals surface area contributed by atoms with Gasteiger partial charge in [0.1, 0.15) is 6.10 Å². The number of amides is 1. The van der Waals surface area contributed by atoms with Crippen molar-refractivity contribution in [2.45, 2.75) is 38.7 Å². The molecule has 0 saturated carbocycles. The summed E-state index contributed by atoms with van der Waals surface area (Å²) in [7, 11) is 0. The van der Waals surface area contributed by atoms with Crippen molar-refractivity contribution in [3.63, 3.8) is 0 Å². The van der Waals surface area contributed by atoms with Crippen LogP contribution in [0.1, 0.15) is 41.4 Å². The van der Waals surface area contributed by atoms with Crippen LogP contribution in [0.3, 0.4) is 0 Å². The van der Waals surface area contributed by atoms with Gasteiger partial charge in [-0.15, -0.1) is 0 Å². The molecule has 2 aromatic carbocycles. The van der Waals surface area contributed by atoms with E-state index in [0.717, 1.165) is 11.1 Å². The first kappa shape index (κ1) is 16.7. The number of hydrogen-bond donors (Lipinski definition) is 1. The standard InChI is InChI=1S/C20H23NO3/c1-14-9-7-8-12-16(14)19(22)21-17-13-23-20(2,3)24-18(17)15-10-5-4-6-11-15/h4-12,17-18H,13H2,1-3H3,(H,21,22)/t17-,18-/m0/s1. The second-order valence-corrected chi connectivity index (χ2v) is 6.55. The lowest BCUT2D eigenvalue weighted by Crippen LogP contribution is -2.52. The fraction of sp³-hybridized carbons (Fsp3) is 0.350. The van der Waals surface area contributed by atoms with Crippen molar-refractivity contribution in [1.29, 1.82) is 0 Å². The predicted molar refractivity (Wildman–Crippen MR) is 92.7 cm³/mol. The predicted octanol–water partition coefficient (Wildman–Crippen LogP) is 3.62. The molecule has 1 saturated heterocycles. The number of nitrogens with one attached hydrogen (secondary N) is 1. The average Bonchev–Trinajstić information content (AvgIpc) is 2.57. The quantitative estimate of drug-likeness (QED) is 0.937. The Morgan fingerprint density at radius 1 is 1.08 bits per heavy atom. The topological polar surface area (TPSA) is 47.6 Å².